The zero-order chi connectivity index (χ0) is 25.1. The minimum absolute atomic E-state index is 0.0691. The Labute approximate surface area is 211 Å². The fourth-order valence-electron chi connectivity index (χ4n) is 3.57. The number of carbonyl (C=O) groups is 3. The van der Waals surface area contributed by atoms with Crippen molar-refractivity contribution in [2.24, 2.45) is 12.2 Å². The van der Waals surface area contributed by atoms with Crippen LogP contribution in [0.3, 0.4) is 0 Å². The monoisotopic (exact) mass is 539 g/mol. The molecule has 0 aliphatic carbocycles. The molecule has 2 aromatic rings. The van der Waals surface area contributed by atoms with Crippen LogP contribution in [0.5, 0.6) is 0 Å². The number of nitrogens with zero attached hydrogens (tertiary/aromatic N) is 4. The van der Waals surface area contributed by atoms with Crippen LogP contribution in [0.25, 0.3) is 0 Å². The summed E-state index contributed by atoms with van der Waals surface area (Å²) >= 11 is 3.85. The number of rotatable bonds is 9. The Hall–Kier alpha value is -3.17. The molecule has 0 unspecified atom stereocenters. The van der Waals surface area contributed by atoms with Crippen molar-refractivity contribution in [3.8, 4) is 0 Å². The molecule has 2 aliphatic heterocycles. The number of hydrogen-bond donors (Lipinski definition) is 3. The third-order valence-electron chi connectivity index (χ3n) is 5.19. The van der Waals surface area contributed by atoms with Crippen LogP contribution in [0.1, 0.15) is 5.69 Å². The summed E-state index contributed by atoms with van der Waals surface area (Å²) in [7, 11) is 1.89. The number of hydrogen-bond acceptors (Lipinski definition) is 10. The van der Waals surface area contributed by atoms with Crippen LogP contribution >= 0.6 is 34.9 Å². The number of anilines is 1. The number of nitrogens with two attached hydrogens (primary N) is 1. The van der Waals surface area contributed by atoms with E-state index < -0.39 is 36.7 Å². The van der Waals surface area contributed by atoms with Gasteiger partial charge in [-0.15, -0.1) is 23.1 Å². The van der Waals surface area contributed by atoms with Crippen LogP contribution in [0.2, 0.25) is 0 Å². The van der Waals surface area contributed by atoms with Gasteiger partial charge in [0.25, 0.3) is 18.7 Å². The van der Waals surface area contributed by atoms with Gasteiger partial charge in [-0.25, -0.2) is 14.2 Å². The number of thiazole rings is 1. The second-order valence-electron chi connectivity index (χ2n) is 7.30. The molecule has 4 N–H and O–H groups in total. The average molecular weight is 540 g/mol. The first-order valence-corrected chi connectivity index (χ1v) is 12.9. The SMILES string of the molecule is C[n+]1ccccc1SCC1=C(C(=O)O)N2C(=O)[C@@H](NC(=O)/C(=N\OCF)c3csc(N)n3)[C@H]2CS1. The maximum Gasteiger partial charge on any atom is 0.353 e. The third kappa shape index (κ3) is 5.11. The molecule has 35 heavy (non-hydrogen) atoms. The van der Waals surface area contributed by atoms with Gasteiger partial charge in [-0.05, 0) is 6.07 Å². The third-order valence-corrected chi connectivity index (χ3v) is 8.39. The molecule has 1 saturated heterocycles. The van der Waals surface area contributed by atoms with E-state index in [9.17, 15) is 23.9 Å². The van der Waals surface area contributed by atoms with Crippen molar-refractivity contribution in [1.29, 1.82) is 0 Å². The van der Waals surface area contributed by atoms with Gasteiger partial charge in [0.05, 0.1) is 6.04 Å². The van der Waals surface area contributed by atoms with Crippen molar-refractivity contribution < 1.29 is 33.3 Å². The first-order valence-electron chi connectivity index (χ1n) is 10.1. The van der Waals surface area contributed by atoms with Gasteiger partial charge in [0.15, 0.2) is 17.0 Å². The van der Waals surface area contributed by atoms with E-state index in [0.29, 0.717) is 16.4 Å². The van der Waals surface area contributed by atoms with Crippen molar-refractivity contribution >= 4 is 63.5 Å². The minimum atomic E-state index is -1.26. The number of oxime groups is 1. The molecule has 2 atom stereocenters. The molecule has 4 heterocycles. The smallest absolute Gasteiger partial charge is 0.353 e. The van der Waals surface area contributed by atoms with Gasteiger partial charge in [0.1, 0.15) is 24.5 Å². The van der Waals surface area contributed by atoms with Gasteiger partial charge < -0.3 is 21.0 Å². The summed E-state index contributed by atoms with van der Waals surface area (Å²) < 4.78 is 14.4. The molecule has 2 aliphatic rings. The molecule has 1 fully saturated rings. The van der Waals surface area contributed by atoms with Crippen LogP contribution in [0, 0.1) is 0 Å². The summed E-state index contributed by atoms with van der Waals surface area (Å²) in [5.74, 6) is -1.82. The summed E-state index contributed by atoms with van der Waals surface area (Å²) in [4.78, 5) is 47.9. The lowest BCUT2D eigenvalue weighted by atomic mass is 9.94. The Morgan fingerprint density at radius 2 is 2.29 bits per heavy atom. The molecular weight excluding hydrogens is 519 g/mol. The number of pyridine rings is 1. The van der Waals surface area contributed by atoms with E-state index in [1.54, 1.807) is 0 Å². The first kappa shape index (κ1) is 24.9. The Bertz CT molecular complexity index is 1240. The summed E-state index contributed by atoms with van der Waals surface area (Å²) in [6.07, 6.45) is 1.89. The molecular formula is C20H20FN6O5S3+. The number of carbonyl (C=O) groups excluding carboxylic acids is 2. The summed E-state index contributed by atoms with van der Waals surface area (Å²) in [6, 6.07) is 4.16. The summed E-state index contributed by atoms with van der Waals surface area (Å²) in [5.41, 5.74) is 5.24. The molecule has 0 aromatic carbocycles. The second-order valence-corrected chi connectivity index (χ2v) is 10.3. The number of aliphatic carboxylic acids is 1. The maximum atomic E-state index is 12.9. The molecule has 0 spiro atoms. The van der Waals surface area contributed by atoms with E-state index in [-0.39, 0.29) is 22.2 Å². The van der Waals surface area contributed by atoms with Crippen molar-refractivity contribution in [3.63, 3.8) is 0 Å². The second kappa shape index (κ2) is 10.6. The van der Waals surface area contributed by atoms with Crippen LogP contribution in [-0.2, 0) is 26.3 Å². The van der Waals surface area contributed by atoms with Crippen molar-refractivity contribution in [3.05, 3.63) is 46.1 Å². The van der Waals surface area contributed by atoms with Crippen molar-refractivity contribution in [1.82, 2.24) is 15.2 Å². The number of nitrogen functional groups attached to an aromatic ring is 1. The van der Waals surface area contributed by atoms with E-state index in [4.69, 9.17) is 5.73 Å². The predicted octanol–water partition coefficient (Wildman–Crippen LogP) is 0.728. The highest BCUT2D eigenvalue weighted by atomic mass is 32.2. The molecule has 11 nitrogen and oxygen atoms in total. The predicted molar refractivity (Wildman–Crippen MR) is 128 cm³/mol. The van der Waals surface area contributed by atoms with Crippen molar-refractivity contribution in [2.45, 2.75) is 17.1 Å². The first-order chi connectivity index (χ1) is 16.8. The van der Waals surface area contributed by atoms with E-state index >= 15 is 0 Å². The summed E-state index contributed by atoms with van der Waals surface area (Å²) in [5, 5.41) is 18.4. The number of β-lactam (4-membered cyclic amide) rings is 1. The number of amides is 2. The zero-order valence-corrected chi connectivity index (χ0v) is 20.7. The van der Waals surface area contributed by atoms with Gasteiger partial charge in [-0.1, -0.05) is 16.9 Å². The molecule has 2 aromatic heterocycles. The van der Waals surface area contributed by atoms with Crippen LogP contribution in [0.15, 0.2) is 50.6 Å². The number of thioether (sulfide) groups is 2. The summed E-state index contributed by atoms with van der Waals surface area (Å²) in [6.45, 7) is -1.26. The van der Waals surface area contributed by atoms with E-state index in [1.807, 2.05) is 36.0 Å². The number of aryl methyl sites for hydroxylation is 1. The number of nitrogens with one attached hydrogen (secondary N) is 1. The van der Waals surface area contributed by atoms with E-state index in [1.165, 1.54) is 33.8 Å². The Balaban J connectivity index is 1.50. The zero-order valence-electron chi connectivity index (χ0n) is 18.2. The lowest BCUT2D eigenvalue weighted by Gasteiger charge is -2.49. The molecule has 184 valence electrons. The Morgan fingerprint density at radius 3 is 2.94 bits per heavy atom. The highest BCUT2D eigenvalue weighted by Gasteiger charge is 2.54. The molecule has 0 radical (unpaired) electrons. The number of alkyl halides is 1. The number of aromatic nitrogens is 2. The number of carboxylic acid groups (broad SMARTS) is 1. The number of halogens is 1. The topological polar surface area (TPSA) is 151 Å². The normalized spacial score (nSPS) is 19.8. The van der Waals surface area contributed by atoms with Crippen molar-refractivity contribution in [2.75, 3.05) is 24.1 Å². The van der Waals surface area contributed by atoms with Gasteiger partial charge in [-0.3, -0.25) is 14.5 Å². The lowest BCUT2D eigenvalue weighted by Crippen LogP contribution is -2.73. The van der Waals surface area contributed by atoms with Gasteiger partial charge in [0, 0.05) is 33.9 Å². The Morgan fingerprint density at radius 1 is 1.49 bits per heavy atom. The number of carboxylic acids is 1. The van der Waals surface area contributed by atoms with Gasteiger partial charge in [0.2, 0.25) is 5.03 Å². The molecule has 4 rings (SSSR count). The largest absolute Gasteiger partial charge is 0.477 e. The average Bonchev–Trinajstić information content (AvgIpc) is 3.27. The van der Waals surface area contributed by atoms with E-state index in [2.05, 4.69) is 20.3 Å². The fourth-order valence-corrected chi connectivity index (χ4v) is 6.52. The molecule has 2 amide bonds. The van der Waals surface area contributed by atoms with E-state index in [0.717, 1.165) is 16.4 Å². The lowest BCUT2D eigenvalue weighted by molar-refractivity contribution is -0.708. The molecule has 0 saturated carbocycles. The van der Waals surface area contributed by atoms with Crippen LogP contribution in [-0.4, -0.2) is 68.9 Å². The Kier molecular flexibility index (Phi) is 7.57. The maximum absolute atomic E-state index is 12.9. The molecule has 0 bridgehead atoms. The van der Waals surface area contributed by atoms with Crippen LogP contribution in [0.4, 0.5) is 9.52 Å². The highest BCUT2D eigenvalue weighted by molar-refractivity contribution is 8.06. The standard InChI is InChI=1S/C20H19FN6O5S3/c1-26-5-3-2-4-13(26)34-8-12-16(19(30)31)27-11(7-33-12)15(18(27)29)24-17(28)14(25-32-9-21)10-6-35-20(22)23-10/h2-6,11,15H,7-9H2,1H3,(H3-,22,23,24,28,30,31)/p+1/b25-14-/t11-,15+/m1/s1. The minimum Gasteiger partial charge on any atom is -0.477 e. The fraction of sp³-hybridized carbons (Fsp3) is 0.300. The molecule has 15 heteroatoms. The quantitative estimate of drug-likeness (QED) is 0.138. The number of fused-ring (bicyclic) bond motifs is 1. The van der Waals surface area contributed by atoms with Crippen LogP contribution < -0.4 is 15.6 Å². The van der Waals surface area contributed by atoms with Gasteiger partial charge >= 0.3 is 5.97 Å². The highest BCUT2D eigenvalue weighted by Crippen LogP contribution is 2.40. The van der Waals surface area contributed by atoms with Gasteiger partial charge in [-0.2, -0.15) is 4.57 Å².